The number of benzene rings is 1. The van der Waals surface area contributed by atoms with Crippen LogP contribution in [-0.4, -0.2) is 39.7 Å². The number of piperidine rings is 1. The van der Waals surface area contributed by atoms with Crippen molar-refractivity contribution in [3.63, 3.8) is 0 Å². The highest BCUT2D eigenvalue weighted by Gasteiger charge is 2.28. The molecule has 1 fully saturated rings. The van der Waals surface area contributed by atoms with Crippen molar-refractivity contribution in [2.75, 3.05) is 13.1 Å². The van der Waals surface area contributed by atoms with Gasteiger partial charge in [0.05, 0.1) is 6.10 Å². The Labute approximate surface area is 153 Å². The molecule has 0 bridgehead atoms. The maximum atomic E-state index is 12.6. The topological polar surface area (TPSA) is 62.5 Å². The van der Waals surface area contributed by atoms with E-state index in [4.69, 9.17) is 0 Å². The number of aryl methyl sites for hydroxylation is 1. The summed E-state index contributed by atoms with van der Waals surface area (Å²) in [5.41, 5.74) is 1.43. The van der Waals surface area contributed by atoms with E-state index in [0.29, 0.717) is 31.6 Å². The minimum atomic E-state index is -0.386. The van der Waals surface area contributed by atoms with Crippen LogP contribution in [0.3, 0.4) is 0 Å². The van der Waals surface area contributed by atoms with Crippen molar-refractivity contribution in [1.82, 2.24) is 9.47 Å². The molecule has 1 amide bonds. The molecule has 1 saturated heterocycles. The van der Waals surface area contributed by atoms with Crippen molar-refractivity contribution >= 4 is 5.91 Å². The van der Waals surface area contributed by atoms with Crippen molar-refractivity contribution in [1.29, 1.82) is 0 Å². The van der Waals surface area contributed by atoms with Crippen LogP contribution in [0.1, 0.15) is 35.7 Å². The van der Waals surface area contributed by atoms with E-state index in [1.165, 1.54) is 6.07 Å². The van der Waals surface area contributed by atoms with E-state index in [2.05, 4.69) is 0 Å². The summed E-state index contributed by atoms with van der Waals surface area (Å²) in [5.74, 6) is 0.105. The van der Waals surface area contributed by atoms with Gasteiger partial charge in [-0.15, -0.1) is 0 Å². The first-order valence-corrected chi connectivity index (χ1v) is 9.30. The van der Waals surface area contributed by atoms with E-state index < -0.39 is 0 Å². The summed E-state index contributed by atoms with van der Waals surface area (Å²) in [5, 5.41) is 10.5. The fourth-order valence-corrected chi connectivity index (χ4v) is 3.59. The standard InChI is InChI=1S/C21H26N2O3/c1-2-22-11-10-18(15-20(22)25)21(26)23-12-8-17(9-13-23)19(24)14-16-6-4-3-5-7-16/h3-7,10-11,15,17,19,24H,2,8-9,12-14H2,1H3/t19-/m0/s1. The van der Waals surface area contributed by atoms with Crippen LogP contribution in [0.5, 0.6) is 0 Å². The van der Waals surface area contributed by atoms with Gasteiger partial charge in [0, 0.05) is 37.5 Å². The van der Waals surface area contributed by atoms with E-state index in [1.807, 2.05) is 37.3 Å². The lowest BCUT2D eigenvalue weighted by molar-refractivity contribution is 0.0467. The highest BCUT2D eigenvalue weighted by atomic mass is 16.3. The van der Waals surface area contributed by atoms with E-state index in [0.717, 1.165) is 18.4 Å². The van der Waals surface area contributed by atoms with Crippen LogP contribution in [0, 0.1) is 5.92 Å². The molecular weight excluding hydrogens is 328 g/mol. The molecule has 1 aromatic carbocycles. The third-order valence-corrected chi connectivity index (χ3v) is 5.24. The molecule has 1 aliphatic heterocycles. The van der Waals surface area contributed by atoms with E-state index in [9.17, 15) is 14.7 Å². The zero-order valence-corrected chi connectivity index (χ0v) is 15.2. The Morgan fingerprint density at radius 1 is 1.19 bits per heavy atom. The second kappa shape index (κ2) is 8.32. The van der Waals surface area contributed by atoms with E-state index in [1.54, 1.807) is 21.7 Å². The molecule has 3 rings (SSSR count). The molecule has 0 saturated carbocycles. The number of rotatable bonds is 5. The first-order valence-electron chi connectivity index (χ1n) is 9.30. The van der Waals surface area contributed by atoms with Crippen molar-refractivity contribution in [2.24, 2.45) is 5.92 Å². The molecule has 2 aromatic rings. The summed E-state index contributed by atoms with van der Waals surface area (Å²) in [7, 11) is 0. The molecule has 1 N–H and O–H groups in total. The molecule has 1 atom stereocenters. The fourth-order valence-electron chi connectivity index (χ4n) is 3.59. The highest BCUT2D eigenvalue weighted by Crippen LogP contribution is 2.24. The smallest absolute Gasteiger partial charge is 0.254 e. The van der Waals surface area contributed by atoms with Crippen LogP contribution < -0.4 is 5.56 Å². The number of likely N-dealkylation sites (tertiary alicyclic amines) is 1. The maximum absolute atomic E-state index is 12.6. The van der Waals surface area contributed by atoms with Gasteiger partial charge in [-0.05, 0) is 43.7 Å². The first-order chi connectivity index (χ1) is 12.6. The van der Waals surface area contributed by atoms with Crippen LogP contribution in [0.15, 0.2) is 53.5 Å². The zero-order valence-electron chi connectivity index (χ0n) is 15.2. The van der Waals surface area contributed by atoms with Gasteiger partial charge < -0.3 is 14.6 Å². The van der Waals surface area contributed by atoms with Crippen LogP contribution in [0.4, 0.5) is 0 Å². The molecule has 0 spiro atoms. The summed E-state index contributed by atoms with van der Waals surface area (Å²) in [4.78, 5) is 26.4. The predicted octanol–water partition coefficient (Wildman–Crippen LogP) is 2.32. The molecule has 26 heavy (non-hydrogen) atoms. The van der Waals surface area contributed by atoms with Crippen LogP contribution in [0.2, 0.25) is 0 Å². The van der Waals surface area contributed by atoms with Gasteiger partial charge in [0.15, 0.2) is 0 Å². The number of carbonyl (C=O) groups is 1. The van der Waals surface area contributed by atoms with Crippen LogP contribution in [-0.2, 0) is 13.0 Å². The van der Waals surface area contributed by atoms with Crippen LogP contribution >= 0.6 is 0 Å². The Hall–Kier alpha value is -2.40. The molecule has 5 heteroatoms. The van der Waals surface area contributed by atoms with Crippen molar-refractivity contribution in [3.8, 4) is 0 Å². The SMILES string of the molecule is CCn1ccc(C(=O)N2CCC([C@@H](O)Cc3ccccc3)CC2)cc1=O. The Balaban J connectivity index is 1.57. The van der Waals surface area contributed by atoms with Gasteiger partial charge in [0.2, 0.25) is 0 Å². The molecule has 2 heterocycles. The lowest BCUT2D eigenvalue weighted by atomic mass is 9.88. The number of hydrogen-bond acceptors (Lipinski definition) is 3. The summed E-state index contributed by atoms with van der Waals surface area (Å²) in [6.45, 7) is 3.73. The number of aliphatic hydroxyl groups is 1. The fraction of sp³-hybridized carbons (Fsp3) is 0.429. The Bertz CT molecular complexity index is 792. The highest BCUT2D eigenvalue weighted by molar-refractivity contribution is 5.94. The number of nitrogens with zero attached hydrogens (tertiary/aromatic N) is 2. The molecule has 5 nitrogen and oxygen atoms in total. The first kappa shape index (κ1) is 18.4. The number of aromatic nitrogens is 1. The number of amides is 1. The van der Waals surface area contributed by atoms with Gasteiger partial charge in [0.25, 0.3) is 11.5 Å². The summed E-state index contributed by atoms with van der Waals surface area (Å²) in [6.07, 6.45) is 3.50. The number of carbonyl (C=O) groups excluding carboxylic acids is 1. The van der Waals surface area contributed by atoms with E-state index >= 15 is 0 Å². The third kappa shape index (κ3) is 4.22. The lowest BCUT2D eigenvalue weighted by Crippen LogP contribution is -2.42. The largest absolute Gasteiger partial charge is 0.392 e. The van der Waals surface area contributed by atoms with Crippen molar-refractivity contribution in [2.45, 2.75) is 38.8 Å². The second-order valence-electron chi connectivity index (χ2n) is 6.93. The van der Waals surface area contributed by atoms with Gasteiger partial charge in [-0.3, -0.25) is 9.59 Å². The lowest BCUT2D eigenvalue weighted by Gasteiger charge is -2.34. The molecule has 1 aliphatic rings. The second-order valence-corrected chi connectivity index (χ2v) is 6.93. The summed E-state index contributed by atoms with van der Waals surface area (Å²) < 4.78 is 1.57. The molecule has 138 valence electrons. The van der Waals surface area contributed by atoms with Crippen molar-refractivity contribution < 1.29 is 9.90 Å². The summed E-state index contributed by atoms with van der Waals surface area (Å²) >= 11 is 0. The monoisotopic (exact) mass is 354 g/mol. The number of hydrogen-bond donors (Lipinski definition) is 1. The van der Waals surface area contributed by atoms with Gasteiger partial charge in [-0.25, -0.2) is 0 Å². The molecule has 1 aromatic heterocycles. The van der Waals surface area contributed by atoms with Gasteiger partial charge >= 0.3 is 0 Å². The maximum Gasteiger partial charge on any atom is 0.254 e. The Morgan fingerprint density at radius 3 is 2.50 bits per heavy atom. The number of pyridine rings is 1. The minimum absolute atomic E-state index is 0.0960. The van der Waals surface area contributed by atoms with Crippen LogP contribution in [0.25, 0.3) is 0 Å². The zero-order chi connectivity index (χ0) is 18.5. The summed E-state index contributed by atoms with van der Waals surface area (Å²) in [6, 6.07) is 13.1. The average Bonchev–Trinajstić information content (AvgIpc) is 2.68. The van der Waals surface area contributed by atoms with Crippen molar-refractivity contribution in [3.05, 3.63) is 70.1 Å². The minimum Gasteiger partial charge on any atom is -0.392 e. The van der Waals surface area contributed by atoms with Gasteiger partial charge in [-0.1, -0.05) is 30.3 Å². The number of aliphatic hydroxyl groups excluding tert-OH is 1. The molecule has 0 unspecified atom stereocenters. The predicted molar refractivity (Wildman–Crippen MR) is 101 cm³/mol. The molecule has 0 radical (unpaired) electrons. The molecule has 0 aliphatic carbocycles. The quantitative estimate of drug-likeness (QED) is 0.896. The Kier molecular flexibility index (Phi) is 5.89. The van der Waals surface area contributed by atoms with E-state index in [-0.39, 0.29) is 23.5 Å². The molecular formula is C21H26N2O3. The van der Waals surface area contributed by atoms with Gasteiger partial charge in [-0.2, -0.15) is 0 Å². The average molecular weight is 354 g/mol. The normalized spacial score (nSPS) is 16.5. The van der Waals surface area contributed by atoms with Gasteiger partial charge in [0.1, 0.15) is 0 Å². The third-order valence-electron chi connectivity index (χ3n) is 5.24. The Morgan fingerprint density at radius 2 is 1.88 bits per heavy atom.